The van der Waals surface area contributed by atoms with E-state index in [4.69, 9.17) is 10.1 Å². The average Bonchev–Trinajstić information content (AvgIpc) is 3.09. The van der Waals surface area contributed by atoms with Crippen LogP contribution < -0.4 is 4.90 Å². The summed E-state index contributed by atoms with van der Waals surface area (Å²) in [5.41, 5.74) is 5.35. The lowest BCUT2D eigenvalue weighted by Gasteiger charge is -2.39. The average molecular weight is 352 g/mol. The Kier molecular flexibility index (Phi) is 4.53. The molecule has 4 rings (SSSR count). The summed E-state index contributed by atoms with van der Waals surface area (Å²) < 4.78 is 2.12. The summed E-state index contributed by atoms with van der Waals surface area (Å²) in [5.74, 6) is 1.13. The number of aliphatic imine (C=N–C) groups is 1. The number of anilines is 1. The number of allylic oxidation sites excluding steroid dienone is 1. The summed E-state index contributed by atoms with van der Waals surface area (Å²) in [5, 5.41) is 4.98. The van der Waals surface area contributed by atoms with Gasteiger partial charge < -0.3 is 9.80 Å². The first kappa shape index (κ1) is 17.2. The van der Waals surface area contributed by atoms with Gasteiger partial charge in [0.05, 0.1) is 22.6 Å². The smallest absolute Gasteiger partial charge is 0.152 e. The molecule has 1 fully saturated rings. The second-order valence-corrected chi connectivity index (χ2v) is 7.42. The number of likely N-dealkylation sites (N-methyl/N-ethyl adjacent to an activating group) is 1. The zero-order valence-electron chi connectivity index (χ0n) is 16.2. The fourth-order valence-electron chi connectivity index (χ4n) is 3.91. The third kappa shape index (κ3) is 2.92. The first-order valence-electron chi connectivity index (χ1n) is 9.65. The van der Waals surface area contributed by atoms with E-state index in [0.717, 1.165) is 73.0 Å². The maximum Gasteiger partial charge on any atom is 0.152 e. The van der Waals surface area contributed by atoms with Crippen molar-refractivity contribution in [3.05, 3.63) is 35.4 Å². The van der Waals surface area contributed by atoms with E-state index in [9.17, 15) is 0 Å². The molecule has 2 aliphatic rings. The van der Waals surface area contributed by atoms with Gasteiger partial charge in [-0.1, -0.05) is 13.0 Å². The van der Waals surface area contributed by atoms with Gasteiger partial charge in [-0.15, -0.1) is 0 Å². The van der Waals surface area contributed by atoms with E-state index in [2.05, 4.69) is 59.3 Å². The van der Waals surface area contributed by atoms with Crippen molar-refractivity contribution in [2.75, 3.05) is 31.6 Å². The molecule has 2 aromatic rings. The zero-order chi connectivity index (χ0) is 18.3. The molecule has 6 nitrogen and oxygen atoms in total. The van der Waals surface area contributed by atoms with Gasteiger partial charge in [-0.05, 0) is 46.2 Å². The Hall–Kier alpha value is -2.21. The fourth-order valence-corrected chi connectivity index (χ4v) is 3.91. The van der Waals surface area contributed by atoms with E-state index >= 15 is 0 Å². The van der Waals surface area contributed by atoms with Crippen LogP contribution in [0.15, 0.2) is 23.3 Å². The van der Waals surface area contributed by atoms with Crippen LogP contribution in [0.5, 0.6) is 0 Å². The number of hydrogen-bond acceptors (Lipinski definition) is 5. The first-order chi connectivity index (χ1) is 12.6. The minimum atomic E-state index is 0.520. The predicted molar refractivity (Wildman–Crippen MR) is 106 cm³/mol. The molecule has 0 saturated carbocycles. The van der Waals surface area contributed by atoms with Gasteiger partial charge in [0, 0.05) is 31.9 Å². The molecule has 0 spiro atoms. The molecule has 0 aliphatic carbocycles. The van der Waals surface area contributed by atoms with Gasteiger partial charge in [-0.25, -0.2) is 4.52 Å². The summed E-state index contributed by atoms with van der Waals surface area (Å²) in [6, 6.07) is 2.69. The highest BCUT2D eigenvalue weighted by molar-refractivity contribution is 6.01. The maximum atomic E-state index is 4.98. The van der Waals surface area contributed by atoms with Crippen molar-refractivity contribution in [3.63, 3.8) is 0 Å². The van der Waals surface area contributed by atoms with Crippen molar-refractivity contribution >= 4 is 17.0 Å². The highest BCUT2D eigenvalue weighted by Gasteiger charge is 2.26. The van der Waals surface area contributed by atoms with Crippen molar-refractivity contribution in [3.8, 4) is 0 Å². The Morgan fingerprint density at radius 3 is 2.81 bits per heavy atom. The monoisotopic (exact) mass is 352 g/mol. The lowest BCUT2D eigenvalue weighted by Crippen LogP contribution is -2.51. The molecular formula is C20H28N6. The molecular weight excluding hydrogens is 324 g/mol. The second-order valence-electron chi connectivity index (χ2n) is 7.42. The minimum absolute atomic E-state index is 0.520. The number of fused-ring (bicyclic) bond motifs is 1. The predicted octanol–water partition coefficient (Wildman–Crippen LogP) is 2.84. The number of hydrogen-bond donors (Lipinski definition) is 0. The second kappa shape index (κ2) is 6.83. The number of piperazine rings is 1. The van der Waals surface area contributed by atoms with Gasteiger partial charge in [-0.2, -0.15) is 5.10 Å². The summed E-state index contributed by atoms with van der Waals surface area (Å²) in [7, 11) is 2.20. The van der Waals surface area contributed by atoms with Crippen LogP contribution in [0.2, 0.25) is 0 Å². The van der Waals surface area contributed by atoms with Crippen molar-refractivity contribution < 1.29 is 0 Å². The normalized spacial score (nSPS) is 21.5. The number of aromatic nitrogens is 3. The van der Waals surface area contributed by atoms with Crippen LogP contribution >= 0.6 is 0 Å². The molecule has 2 aromatic heterocycles. The summed E-state index contributed by atoms with van der Waals surface area (Å²) in [6.45, 7) is 9.61. The summed E-state index contributed by atoms with van der Waals surface area (Å²) in [4.78, 5) is 14.3. The van der Waals surface area contributed by atoms with E-state index in [1.807, 2.05) is 6.20 Å². The molecule has 0 unspecified atom stereocenters. The van der Waals surface area contributed by atoms with Crippen molar-refractivity contribution in [1.29, 1.82) is 0 Å². The highest BCUT2D eigenvalue weighted by atomic mass is 15.4. The van der Waals surface area contributed by atoms with Gasteiger partial charge in [0.25, 0.3) is 0 Å². The van der Waals surface area contributed by atoms with Gasteiger partial charge in [-0.3, -0.25) is 9.98 Å². The molecule has 0 amide bonds. The molecule has 6 heteroatoms. The van der Waals surface area contributed by atoms with Crippen molar-refractivity contribution in [1.82, 2.24) is 19.5 Å². The van der Waals surface area contributed by atoms with Gasteiger partial charge in [0.2, 0.25) is 0 Å². The maximum absolute atomic E-state index is 4.98. The van der Waals surface area contributed by atoms with Crippen LogP contribution in [0.25, 0.3) is 5.52 Å². The Morgan fingerprint density at radius 2 is 2.12 bits per heavy atom. The van der Waals surface area contributed by atoms with Crippen LogP contribution in [0.1, 0.15) is 43.8 Å². The van der Waals surface area contributed by atoms with Gasteiger partial charge >= 0.3 is 0 Å². The summed E-state index contributed by atoms with van der Waals surface area (Å²) >= 11 is 0. The molecule has 0 bridgehead atoms. The Labute approximate surface area is 155 Å². The fraction of sp³-hybridized carbons (Fsp3) is 0.550. The van der Waals surface area contributed by atoms with E-state index in [-0.39, 0.29) is 0 Å². The van der Waals surface area contributed by atoms with Crippen LogP contribution in [0.3, 0.4) is 0 Å². The molecule has 0 radical (unpaired) electrons. The van der Waals surface area contributed by atoms with Gasteiger partial charge in [0.15, 0.2) is 5.82 Å². The Bertz CT molecular complexity index is 878. The SMILES string of the molecule is CCc1nc(C)c(N2CCN(C)[C@H](C)C2)n2nc(C3=NC=CCC3)cc12. The first-order valence-corrected chi connectivity index (χ1v) is 9.65. The standard InChI is InChI=1S/C20H28N6/c1-5-16-19-12-18(17-8-6-7-9-21-17)23-26(19)20(15(3)22-16)25-11-10-24(4)14(2)13-25/h7,9,12,14H,5-6,8,10-11,13H2,1-4H3/t14-/m1/s1. The molecule has 4 heterocycles. The van der Waals surface area contributed by atoms with E-state index < -0.39 is 0 Å². The lowest BCUT2D eigenvalue weighted by atomic mass is 10.1. The van der Waals surface area contributed by atoms with E-state index in [0.29, 0.717) is 6.04 Å². The molecule has 1 atom stereocenters. The van der Waals surface area contributed by atoms with Crippen LogP contribution in [-0.4, -0.2) is 57.9 Å². The summed E-state index contributed by atoms with van der Waals surface area (Å²) in [6.07, 6.45) is 6.90. The van der Waals surface area contributed by atoms with E-state index in [1.165, 1.54) is 0 Å². The third-order valence-corrected chi connectivity index (χ3v) is 5.61. The molecule has 0 aromatic carbocycles. The quantitative estimate of drug-likeness (QED) is 0.852. The third-order valence-electron chi connectivity index (χ3n) is 5.61. The van der Waals surface area contributed by atoms with Crippen LogP contribution in [0.4, 0.5) is 5.82 Å². The minimum Gasteiger partial charge on any atom is -0.352 e. The van der Waals surface area contributed by atoms with Crippen LogP contribution in [-0.2, 0) is 6.42 Å². The lowest BCUT2D eigenvalue weighted by molar-refractivity contribution is 0.233. The molecule has 1 saturated heterocycles. The largest absolute Gasteiger partial charge is 0.352 e. The van der Waals surface area contributed by atoms with Crippen molar-refractivity contribution in [2.24, 2.45) is 4.99 Å². The van der Waals surface area contributed by atoms with Crippen molar-refractivity contribution in [2.45, 2.75) is 46.1 Å². The number of aryl methyl sites for hydroxylation is 2. The number of nitrogens with zero attached hydrogens (tertiary/aromatic N) is 6. The Balaban J connectivity index is 1.84. The highest BCUT2D eigenvalue weighted by Crippen LogP contribution is 2.26. The Morgan fingerprint density at radius 1 is 1.27 bits per heavy atom. The topological polar surface area (TPSA) is 49.0 Å². The van der Waals surface area contributed by atoms with Crippen LogP contribution in [0, 0.1) is 6.92 Å². The molecule has 2 aliphatic heterocycles. The molecule has 138 valence electrons. The van der Waals surface area contributed by atoms with E-state index in [1.54, 1.807) is 0 Å². The zero-order valence-corrected chi connectivity index (χ0v) is 16.2. The van der Waals surface area contributed by atoms with Gasteiger partial charge in [0.1, 0.15) is 5.69 Å². The molecule has 26 heavy (non-hydrogen) atoms. The molecule has 0 N–H and O–H groups in total. The number of rotatable bonds is 3.